The van der Waals surface area contributed by atoms with Crippen LogP contribution in [0.4, 0.5) is 10.1 Å². The fourth-order valence-electron chi connectivity index (χ4n) is 4.27. The smallest absolute Gasteiger partial charge is 0.338 e. The van der Waals surface area contributed by atoms with Gasteiger partial charge in [-0.1, -0.05) is 23.7 Å². The third kappa shape index (κ3) is 3.83. The molecule has 0 saturated carbocycles. The van der Waals surface area contributed by atoms with Gasteiger partial charge in [0.15, 0.2) is 5.78 Å². The Bertz CT molecular complexity index is 1090. The molecular formula is C24H22ClFN2O3. The maximum absolute atomic E-state index is 13.6. The molecule has 1 atom stereocenters. The van der Waals surface area contributed by atoms with Crippen LogP contribution in [0.25, 0.3) is 0 Å². The van der Waals surface area contributed by atoms with Gasteiger partial charge in [-0.3, -0.25) is 9.69 Å². The molecule has 5 nitrogen and oxygen atoms in total. The Hall–Kier alpha value is -3.12. The van der Waals surface area contributed by atoms with Crippen molar-refractivity contribution in [2.75, 3.05) is 11.5 Å². The quantitative estimate of drug-likeness (QED) is 0.690. The summed E-state index contributed by atoms with van der Waals surface area (Å²) in [6.07, 6.45) is 1.68. The number of ether oxygens (including phenoxy) is 1. The van der Waals surface area contributed by atoms with Crippen molar-refractivity contribution in [3.63, 3.8) is 0 Å². The second-order valence-corrected chi connectivity index (χ2v) is 7.89. The number of anilines is 1. The molecule has 160 valence electrons. The molecule has 1 unspecified atom stereocenters. The lowest BCUT2D eigenvalue weighted by Crippen LogP contribution is -2.41. The van der Waals surface area contributed by atoms with E-state index >= 15 is 0 Å². The summed E-state index contributed by atoms with van der Waals surface area (Å²) >= 11 is 6.05. The molecule has 0 bridgehead atoms. The van der Waals surface area contributed by atoms with Crippen molar-refractivity contribution in [1.82, 2.24) is 0 Å². The number of allylic oxidation sites excluding steroid dienone is 2. The van der Waals surface area contributed by atoms with Gasteiger partial charge in [0.25, 0.3) is 0 Å². The highest BCUT2D eigenvalue weighted by Crippen LogP contribution is 2.46. The Morgan fingerprint density at radius 2 is 1.84 bits per heavy atom. The molecular weight excluding hydrogens is 419 g/mol. The van der Waals surface area contributed by atoms with Crippen LogP contribution >= 0.6 is 11.6 Å². The molecule has 0 radical (unpaired) electrons. The van der Waals surface area contributed by atoms with E-state index in [2.05, 4.69) is 0 Å². The first-order valence-electron chi connectivity index (χ1n) is 10.2. The zero-order chi connectivity index (χ0) is 22.1. The van der Waals surface area contributed by atoms with E-state index in [9.17, 15) is 14.0 Å². The lowest BCUT2D eigenvalue weighted by molar-refractivity contribution is -0.138. The van der Waals surface area contributed by atoms with E-state index in [-0.39, 0.29) is 23.8 Å². The van der Waals surface area contributed by atoms with Gasteiger partial charge in [0.1, 0.15) is 11.6 Å². The zero-order valence-electron chi connectivity index (χ0n) is 17.0. The van der Waals surface area contributed by atoms with Crippen LogP contribution in [-0.4, -0.2) is 18.4 Å². The molecule has 31 heavy (non-hydrogen) atoms. The highest BCUT2D eigenvalue weighted by Gasteiger charge is 2.43. The van der Waals surface area contributed by atoms with Crippen LogP contribution in [0.2, 0.25) is 5.02 Å². The average Bonchev–Trinajstić information content (AvgIpc) is 2.75. The van der Waals surface area contributed by atoms with E-state index in [0.29, 0.717) is 41.1 Å². The molecule has 7 heteroatoms. The number of nitrogens with two attached hydrogens (primary N) is 1. The summed E-state index contributed by atoms with van der Waals surface area (Å²) in [5.74, 6) is -1.57. The van der Waals surface area contributed by atoms with E-state index in [4.69, 9.17) is 22.1 Å². The number of esters is 1. The number of benzene rings is 2. The molecule has 2 aromatic rings. The lowest BCUT2D eigenvalue weighted by Gasteiger charge is -2.40. The van der Waals surface area contributed by atoms with E-state index in [0.717, 1.165) is 5.70 Å². The standard InChI is InChI=1S/C24H22ClFN2O3/c1-2-31-24(30)22-20(14-6-10-16(26)11-7-14)21-18(4-3-5-19(21)29)28(23(22)27)17-12-8-15(25)9-13-17/h6-13,20H,2-5,27H2,1H3. The number of carbonyl (C=O) groups excluding carboxylic acids is 2. The minimum Gasteiger partial charge on any atom is -0.463 e. The van der Waals surface area contributed by atoms with E-state index in [1.807, 2.05) is 0 Å². The van der Waals surface area contributed by atoms with Gasteiger partial charge in [-0.15, -0.1) is 0 Å². The number of halogens is 2. The highest BCUT2D eigenvalue weighted by atomic mass is 35.5. The first-order chi connectivity index (χ1) is 14.9. The van der Waals surface area contributed by atoms with Crippen LogP contribution in [0.5, 0.6) is 0 Å². The van der Waals surface area contributed by atoms with Gasteiger partial charge < -0.3 is 10.5 Å². The van der Waals surface area contributed by atoms with Crippen LogP contribution in [0, 0.1) is 5.82 Å². The van der Waals surface area contributed by atoms with Crippen molar-refractivity contribution in [3.8, 4) is 0 Å². The average molecular weight is 441 g/mol. The molecule has 0 amide bonds. The summed E-state index contributed by atoms with van der Waals surface area (Å²) in [7, 11) is 0. The predicted octanol–water partition coefficient (Wildman–Crippen LogP) is 4.82. The molecule has 0 saturated heterocycles. The van der Waals surface area contributed by atoms with Crippen molar-refractivity contribution in [1.29, 1.82) is 0 Å². The molecule has 1 aliphatic carbocycles. The Labute approximate surface area is 184 Å². The van der Waals surface area contributed by atoms with Gasteiger partial charge in [-0.25, -0.2) is 9.18 Å². The maximum Gasteiger partial charge on any atom is 0.338 e. The third-order valence-electron chi connectivity index (χ3n) is 5.58. The molecule has 1 heterocycles. The Balaban J connectivity index is 1.98. The van der Waals surface area contributed by atoms with Crippen LogP contribution in [0.3, 0.4) is 0 Å². The number of hydrogen-bond acceptors (Lipinski definition) is 5. The number of Topliss-reactive ketones (excluding diaryl/α,β-unsaturated/α-hetero) is 1. The number of carbonyl (C=O) groups is 2. The fraction of sp³-hybridized carbons (Fsp3) is 0.250. The SMILES string of the molecule is CCOC(=O)C1=C(N)N(c2ccc(Cl)cc2)C2=C(C(=O)CCC2)C1c1ccc(F)cc1. The largest absolute Gasteiger partial charge is 0.463 e. The van der Waals surface area contributed by atoms with Gasteiger partial charge in [0, 0.05) is 28.4 Å². The van der Waals surface area contributed by atoms with E-state index in [1.165, 1.54) is 12.1 Å². The fourth-order valence-corrected chi connectivity index (χ4v) is 4.40. The molecule has 1 aliphatic heterocycles. The first-order valence-corrected chi connectivity index (χ1v) is 10.5. The number of ketones is 1. The zero-order valence-corrected chi connectivity index (χ0v) is 17.8. The summed E-state index contributed by atoms with van der Waals surface area (Å²) in [5, 5.41) is 0.562. The normalized spacial score (nSPS) is 18.9. The highest BCUT2D eigenvalue weighted by molar-refractivity contribution is 6.30. The lowest BCUT2D eigenvalue weighted by atomic mass is 9.75. The van der Waals surface area contributed by atoms with Crippen LogP contribution in [-0.2, 0) is 14.3 Å². The number of hydrogen-bond donors (Lipinski definition) is 1. The Morgan fingerprint density at radius 1 is 1.16 bits per heavy atom. The van der Waals surface area contributed by atoms with Gasteiger partial charge in [0.2, 0.25) is 0 Å². The van der Waals surface area contributed by atoms with Crippen molar-refractivity contribution in [3.05, 3.63) is 87.6 Å². The van der Waals surface area contributed by atoms with E-state index < -0.39 is 17.7 Å². The molecule has 2 aliphatic rings. The topological polar surface area (TPSA) is 72.6 Å². The number of rotatable bonds is 4. The van der Waals surface area contributed by atoms with Gasteiger partial charge in [-0.2, -0.15) is 0 Å². The third-order valence-corrected chi connectivity index (χ3v) is 5.83. The summed E-state index contributed by atoms with van der Waals surface area (Å²) in [6, 6.07) is 12.8. The van der Waals surface area contributed by atoms with Crippen molar-refractivity contribution >= 4 is 29.0 Å². The van der Waals surface area contributed by atoms with E-state index in [1.54, 1.807) is 48.2 Å². The molecule has 2 aromatic carbocycles. The van der Waals surface area contributed by atoms with Crippen LogP contribution in [0.15, 0.2) is 71.2 Å². The minimum atomic E-state index is -0.717. The summed E-state index contributed by atoms with van der Waals surface area (Å²) < 4.78 is 18.9. The minimum absolute atomic E-state index is 0.0520. The summed E-state index contributed by atoms with van der Waals surface area (Å²) in [5.41, 5.74) is 9.33. The van der Waals surface area contributed by atoms with Crippen LogP contribution in [0.1, 0.15) is 37.7 Å². The first kappa shape index (κ1) is 21.1. The molecule has 0 fully saturated rings. The van der Waals surface area contributed by atoms with Crippen molar-refractivity contribution in [2.45, 2.75) is 32.1 Å². The molecule has 4 rings (SSSR count). The predicted molar refractivity (Wildman–Crippen MR) is 117 cm³/mol. The van der Waals surface area contributed by atoms with Gasteiger partial charge >= 0.3 is 5.97 Å². The molecule has 0 aromatic heterocycles. The molecule has 2 N–H and O–H groups in total. The van der Waals surface area contributed by atoms with Gasteiger partial charge in [0.05, 0.1) is 18.1 Å². The Kier molecular flexibility index (Phi) is 5.83. The van der Waals surface area contributed by atoms with Crippen LogP contribution < -0.4 is 10.6 Å². The second kappa shape index (κ2) is 8.55. The monoisotopic (exact) mass is 440 g/mol. The van der Waals surface area contributed by atoms with Gasteiger partial charge in [-0.05, 0) is 61.7 Å². The van der Waals surface area contributed by atoms with Crippen molar-refractivity contribution in [2.24, 2.45) is 5.73 Å². The second-order valence-electron chi connectivity index (χ2n) is 7.45. The number of nitrogens with zero attached hydrogens (tertiary/aromatic N) is 1. The summed E-state index contributed by atoms with van der Waals surface area (Å²) in [4.78, 5) is 27.9. The Morgan fingerprint density at radius 3 is 2.48 bits per heavy atom. The summed E-state index contributed by atoms with van der Waals surface area (Å²) in [6.45, 7) is 1.87. The molecule has 0 spiro atoms. The van der Waals surface area contributed by atoms with Crippen molar-refractivity contribution < 1.29 is 18.7 Å². The maximum atomic E-state index is 13.6.